The van der Waals surface area contributed by atoms with E-state index in [0.29, 0.717) is 23.3 Å². The van der Waals surface area contributed by atoms with Crippen LogP contribution in [0.5, 0.6) is 11.5 Å². The molecule has 1 aliphatic rings. The molecule has 1 saturated heterocycles. The summed E-state index contributed by atoms with van der Waals surface area (Å²) in [5, 5.41) is 2.78. The Morgan fingerprint density at radius 3 is 2.37 bits per heavy atom. The number of nitrogens with one attached hydrogen (secondary N) is 1. The van der Waals surface area contributed by atoms with Crippen molar-refractivity contribution in [3.8, 4) is 11.5 Å². The summed E-state index contributed by atoms with van der Waals surface area (Å²) < 4.78 is 71.1. The lowest BCUT2D eigenvalue weighted by atomic mass is 9.87. The number of carbonyl (C=O) groups is 2. The van der Waals surface area contributed by atoms with Crippen molar-refractivity contribution >= 4 is 12.0 Å². The van der Waals surface area contributed by atoms with Crippen LogP contribution in [0, 0.1) is 5.82 Å². The molecule has 0 radical (unpaired) electrons. The summed E-state index contributed by atoms with van der Waals surface area (Å²) in [6.45, 7) is 3.79. The van der Waals surface area contributed by atoms with Gasteiger partial charge in [0.25, 0.3) is 0 Å². The number of esters is 1. The first-order valence-corrected chi connectivity index (χ1v) is 13.9. The van der Waals surface area contributed by atoms with Crippen molar-refractivity contribution in [2.45, 2.75) is 50.4 Å². The van der Waals surface area contributed by atoms with Crippen LogP contribution in [0.1, 0.15) is 37.0 Å². The summed E-state index contributed by atoms with van der Waals surface area (Å²) in [5.41, 5.74) is -1.85. The van der Waals surface area contributed by atoms with Gasteiger partial charge in [0.1, 0.15) is 5.75 Å². The highest BCUT2D eigenvalue weighted by Crippen LogP contribution is 2.33. The standard InChI is InChI=1S/C32H34F4N2O5/c1-4-41-28(39)30(2,43-27-11-6-5-10-26(27)33)19-22-12-14-25(15-13-22)42-17-16-31(21-37-29(40)38(31)3)20-23-8-7-9-24(18-23)32(34,35)36/h5-15,18H,4,16-17,19-21H2,1-3H3,(H,37,40). The summed E-state index contributed by atoms with van der Waals surface area (Å²) >= 11 is 0. The van der Waals surface area contributed by atoms with E-state index in [1.807, 2.05) is 0 Å². The van der Waals surface area contributed by atoms with Gasteiger partial charge in [-0.1, -0.05) is 42.5 Å². The molecular formula is C32H34F4N2O5. The third-order valence-electron chi connectivity index (χ3n) is 7.55. The third-order valence-corrected chi connectivity index (χ3v) is 7.55. The maximum atomic E-state index is 14.3. The Hall–Kier alpha value is -4.28. The maximum absolute atomic E-state index is 14.3. The number of rotatable bonds is 12. The summed E-state index contributed by atoms with van der Waals surface area (Å²) in [4.78, 5) is 26.7. The Kier molecular flexibility index (Phi) is 9.52. The van der Waals surface area contributed by atoms with Gasteiger partial charge in [0, 0.05) is 26.4 Å². The number of benzene rings is 3. The van der Waals surface area contributed by atoms with Gasteiger partial charge in [-0.05, 0) is 61.7 Å². The number of alkyl halides is 3. The maximum Gasteiger partial charge on any atom is 0.416 e. The molecule has 11 heteroatoms. The molecule has 230 valence electrons. The van der Waals surface area contributed by atoms with E-state index in [4.69, 9.17) is 14.2 Å². The zero-order valence-electron chi connectivity index (χ0n) is 24.2. The van der Waals surface area contributed by atoms with E-state index in [2.05, 4.69) is 5.32 Å². The van der Waals surface area contributed by atoms with E-state index in [9.17, 15) is 27.2 Å². The van der Waals surface area contributed by atoms with Gasteiger partial charge in [-0.3, -0.25) is 0 Å². The number of amides is 2. The lowest BCUT2D eigenvalue weighted by Crippen LogP contribution is -2.48. The van der Waals surface area contributed by atoms with E-state index in [1.165, 1.54) is 29.2 Å². The summed E-state index contributed by atoms with van der Waals surface area (Å²) in [6.07, 6.45) is -3.80. The number of hydrogen-bond donors (Lipinski definition) is 1. The second kappa shape index (κ2) is 12.9. The molecule has 0 spiro atoms. The monoisotopic (exact) mass is 602 g/mol. The van der Waals surface area contributed by atoms with Gasteiger partial charge in [-0.25, -0.2) is 14.0 Å². The molecule has 7 nitrogen and oxygen atoms in total. The number of likely N-dealkylation sites (N-methyl/N-ethyl adjacent to an activating group) is 1. The van der Waals surface area contributed by atoms with Crippen LogP contribution in [0.3, 0.4) is 0 Å². The molecule has 1 heterocycles. The Bertz CT molecular complexity index is 1430. The average molecular weight is 603 g/mol. The fourth-order valence-electron chi connectivity index (χ4n) is 5.11. The highest BCUT2D eigenvalue weighted by Gasteiger charge is 2.43. The zero-order chi connectivity index (χ0) is 31.3. The molecule has 2 unspecified atom stereocenters. The van der Waals surface area contributed by atoms with Crippen LogP contribution in [0.15, 0.2) is 72.8 Å². The third kappa shape index (κ3) is 7.57. The van der Waals surface area contributed by atoms with Gasteiger partial charge in [-0.15, -0.1) is 0 Å². The van der Waals surface area contributed by atoms with E-state index >= 15 is 0 Å². The Morgan fingerprint density at radius 1 is 1.02 bits per heavy atom. The van der Waals surface area contributed by atoms with E-state index in [1.54, 1.807) is 57.3 Å². The number of halogens is 4. The average Bonchev–Trinajstić information content (AvgIpc) is 3.23. The molecule has 43 heavy (non-hydrogen) atoms. The number of nitrogens with zero attached hydrogens (tertiary/aromatic N) is 1. The molecule has 3 aromatic rings. The number of urea groups is 1. The number of ether oxygens (including phenoxy) is 3. The van der Waals surface area contributed by atoms with Crippen molar-refractivity contribution < 1.29 is 41.4 Å². The molecule has 1 N–H and O–H groups in total. The predicted octanol–water partition coefficient (Wildman–Crippen LogP) is 6.19. The molecule has 3 aromatic carbocycles. The minimum absolute atomic E-state index is 0.0677. The quantitative estimate of drug-likeness (QED) is 0.198. The molecule has 0 saturated carbocycles. The number of para-hydroxylation sites is 1. The highest BCUT2D eigenvalue weighted by atomic mass is 19.4. The van der Waals surface area contributed by atoms with Crippen LogP contribution in [-0.2, 0) is 28.5 Å². The number of carbonyl (C=O) groups excluding carboxylic acids is 2. The largest absolute Gasteiger partial charge is 0.494 e. The molecule has 2 amide bonds. The Labute approximate surface area is 247 Å². The molecule has 0 bridgehead atoms. The molecular weight excluding hydrogens is 568 g/mol. The Morgan fingerprint density at radius 2 is 1.74 bits per heavy atom. The molecule has 0 aliphatic carbocycles. The van der Waals surface area contributed by atoms with Gasteiger partial charge >= 0.3 is 18.2 Å². The minimum Gasteiger partial charge on any atom is -0.494 e. The Balaban J connectivity index is 1.43. The fraction of sp³-hybridized carbons (Fsp3) is 0.375. The van der Waals surface area contributed by atoms with Crippen LogP contribution in [0.4, 0.5) is 22.4 Å². The van der Waals surface area contributed by atoms with Crippen molar-refractivity contribution in [3.05, 3.63) is 95.3 Å². The molecule has 4 rings (SSSR count). The van der Waals surface area contributed by atoms with E-state index in [-0.39, 0.29) is 44.4 Å². The fourth-order valence-corrected chi connectivity index (χ4v) is 5.11. The highest BCUT2D eigenvalue weighted by molar-refractivity contribution is 5.80. The lowest BCUT2D eigenvalue weighted by molar-refractivity contribution is -0.160. The lowest BCUT2D eigenvalue weighted by Gasteiger charge is -2.35. The zero-order valence-corrected chi connectivity index (χ0v) is 24.2. The summed E-state index contributed by atoms with van der Waals surface area (Å²) in [7, 11) is 1.62. The van der Waals surface area contributed by atoms with E-state index < -0.39 is 34.7 Å². The second-order valence-electron chi connectivity index (χ2n) is 10.7. The van der Waals surface area contributed by atoms with Crippen LogP contribution in [-0.4, -0.2) is 54.8 Å². The molecule has 1 fully saturated rings. The number of hydrogen-bond acceptors (Lipinski definition) is 5. The van der Waals surface area contributed by atoms with Gasteiger partial charge in [0.2, 0.25) is 5.60 Å². The second-order valence-corrected chi connectivity index (χ2v) is 10.7. The van der Waals surface area contributed by atoms with E-state index in [0.717, 1.165) is 12.1 Å². The van der Waals surface area contributed by atoms with Gasteiger partial charge in [0.05, 0.1) is 24.3 Å². The van der Waals surface area contributed by atoms with Gasteiger partial charge in [-0.2, -0.15) is 13.2 Å². The summed E-state index contributed by atoms with van der Waals surface area (Å²) in [5.74, 6) is -0.779. The first-order chi connectivity index (χ1) is 20.3. The normalized spacial score (nSPS) is 18.1. The van der Waals surface area contributed by atoms with Crippen molar-refractivity contribution in [1.82, 2.24) is 10.2 Å². The SMILES string of the molecule is CCOC(=O)C(C)(Cc1ccc(OCCC2(Cc3cccc(C(F)(F)F)c3)CNC(=O)N2C)cc1)Oc1ccccc1F. The predicted molar refractivity (Wildman–Crippen MR) is 151 cm³/mol. The van der Waals surface area contributed by atoms with Crippen molar-refractivity contribution in [2.75, 3.05) is 26.8 Å². The summed E-state index contributed by atoms with van der Waals surface area (Å²) in [6, 6.07) is 17.5. The van der Waals surface area contributed by atoms with Crippen LogP contribution >= 0.6 is 0 Å². The first-order valence-electron chi connectivity index (χ1n) is 13.9. The molecule has 1 aliphatic heterocycles. The van der Waals surface area contributed by atoms with Crippen LogP contribution in [0.2, 0.25) is 0 Å². The van der Waals surface area contributed by atoms with Gasteiger partial charge < -0.3 is 24.4 Å². The van der Waals surface area contributed by atoms with Crippen molar-refractivity contribution in [2.24, 2.45) is 0 Å². The van der Waals surface area contributed by atoms with Crippen LogP contribution < -0.4 is 14.8 Å². The first kappa shape index (κ1) is 31.7. The topological polar surface area (TPSA) is 77.1 Å². The van der Waals surface area contributed by atoms with Crippen molar-refractivity contribution in [3.63, 3.8) is 0 Å². The minimum atomic E-state index is -4.47. The van der Waals surface area contributed by atoms with Gasteiger partial charge in [0.15, 0.2) is 11.6 Å². The molecule has 0 aromatic heterocycles. The molecule has 2 atom stereocenters. The van der Waals surface area contributed by atoms with Crippen LogP contribution in [0.25, 0.3) is 0 Å². The van der Waals surface area contributed by atoms with Crippen molar-refractivity contribution in [1.29, 1.82) is 0 Å². The smallest absolute Gasteiger partial charge is 0.416 e.